The Bertz CT molecular complexity index is 545. The Morgan fingerprint density at radius 1 is 1.44 bits per heavy atom. The molecule has 1 N–H and O–H groups in total. The Balaban J connectivity index is 2.66. The highest BCUT2D eigenvalue weighted by Crippen LogP contribution is 2.23. The highest BCUT2D eigenvalue weighted by molar-refractivity contribution is 7.85. The van der Waals surface area contributed by atoms with Gasteiger partial charge in [-0.05, 0) is 24.6 Å². The van der Waals surface area contributed by atoms with Gasteiger partial charge in [0, 0.05) is 12.1 Å². The van der Waals surface area contributed by atoms with E-state index in [4.69, 9.17) is 16.2 Å². The summed E-state index contributed by atoms with van der Waals surface area (Å²) in [7, 11) is -2.42. The molecule has 0 amide bonds. The number of halogens is 1. The van der Waals surface area contributed by atoms with Crippen LogP contribution in [0.3, 0.4) is 0 Å². The lowest BCUT2D eigenvalue weighted by Crippen LogP contribution is -2.20. The first-order valence-electron chi connectivity index (χ1n) is 5.12. The minimum Gasteiger partial charge on any atom is -0.285 e. The molecule has 100 valence electrons. The third-order valence-corrected chi connectivity index (χ3v) is 3.08. The monoisotopic (exact) mass is 291 g/mol. The highest BCUT2D eigenvalue weighted by Gasteiger charge is 2.06. The summed E-state index contributed by atoms with van der Waals surface area (Å²) in [6.07, 6.45) is 0. The average Bonchev–Trinajstić information content (AvgIpc) is 2.26. The summed E-state index contributed by atoms with van der Waals surface area (Å²) >= 11 is 5.83. The molecule has 0 aromatic heterocycles. The molecular weight excluding hydrogens is 278 g/mol. The van der Waals surface area contributed by atoms with Crippen LogP contribution in [0, 0.1) is 6.92 Å². The fourth-order valence-corrected chi connectivity index (χ4v) is 1.77. The van der Waals surface area contributed by atoms with Gasteiger partial charge in [0.1, 0.15) is 0 Å². The van der Waals surface area contributed by atoms with Gasteiger partial charge in [0.05, 0.1) is 18.0 Å². The quantitative estimate of drug-likeness (QED) is 0.513. The zero-order valence-corrected chi connectivity index (χ0v) is 11.6. The lowest BCUT2D eigenvalue weighted by Gasteiger charge is -2.09. The van der Waals surface area contributed by atoms with Crippen molar-refractivity contribution in [1.82, 2.24) is 5.01 Å². The molecule has 0 atom stereocenters. The molecular formula is C10H14ClN3O3S. The third-order valence-electron chi connectivity index (χ3n) is 2.15. The van der Waals surface area contributed by atoms with Gasteiger partial charge in [0.2, 0.25) is 0 Å². The molecule has 6 nitrogen and oxygen atoms in total. The number of rotatable bonds is 5. The largest absolute Gasteiger partial charge is 0.285 e. The molecule has 0 saturated heterocycles. The van der Waals surface area contributed by atoms with Crippen LogP contribution in [-0.4, -0.2) is 37.3 Å². The molecule has 1 rings (SSSR count). The molecule has 0 aliphatic carbocycles. The predicted molar refractivity (Wildman–Crippen MR) is 69.8 cm³/mol. The van der Waals surface area contributed by atoms with Crippen molar-refractivity contribution in [3.8, 4) is 0 Å². The first-order valence-corrected chi connectivity index (χ1v) is 7.11. The van der Waals surface area contributed by atoms with Gasteiger partial charge in [0.15, 0.2) is 0 Å². The van der Waals surface area contributed by atoms with E-state index < -0.39 is 15.9 Å². The standard InChI is InChI=1S/C10H14ClN3O3S/c1-8-3-4-9(11)7-10(8)12-13-14(2)5-6-18(15,16)17/h3-4,7H,5-6H2,1-2H3,(H,15,16,17). The number of benzene rings is 1. The molecule has 0 bridgehead atoms. The van der Waals surface area contributed by atoms with Crippen molar-refractivity contribution in [3.63, 3.8) is 0 Å². The zero-order chi connectivity index (χ0) is 13.8. The van der Waals surface area contributed by atoms with Crippen LogP contribution in [0.2, 0.25) is 5.02 Å². The minimum absolute atomic E-state index is 0.0575. The summed E-state index contributed by atoms with van der Waals surface area (Å²) in [4.78, 5) is 0. The summed E-state index contributed by atoms with van der Waals surface area (Å²) in [5.74, 6) is -0.392. The molecule has 0 spiro atoms. The van der Waals surface area contributed by atoms with Crippen molar-refractivity contribution in [2.24, 2.45) is 10.3 Å². The molecule has 0 unspecified atom stereocenters. The van der Waals surface area contributed by atoms with Crippen LogP contribution in [0.15, 0.2) is 28.5 Å². The number of aryl methyl sites for hydroxylation is 1. The van der Waals surface area contributed by atoms with Crippen LogP contribution >= 0.6 is 11.6 Å². The van der Waals surface area contributed by atoms with Gasteiger partial charge in [-0.1, -0.05) is 22.9 Å². The van der Waals surface area contributed by atoms with Crippen LogP contribution in [0.5, 0.6) is 0 Å². The highest BCUT2D eigenvalue weighted by atomic mass is 35.5. The molecule has 1 aromatic carbocycles. The Labute approximate surface area is 111 Å². The van der Waals surface area contributed by atoms with Gasteiger partial charge in [0.25, 0.3) is 10.1 Å². The van der Waals surface area contributed by atoms with Gasteiger partial charge >= 0.3 is 0 Å². The normalized spacial score (nSPS) is 12.0. The predicted octanol–water partition coefficient (Wildman–Crippen LogP) is 2.47. The topological polar surface area (TPSA) is 82.3 Å². The van der Waals surface area contributed by atoms with Crippen molar-refractivity contribution in [2.45, 2.75) is 6.92 Å². The van der Waals surface area contributed by atoms with Crippen molar-refractivity contribution in [1.29, 1.82) is 0 Å². The van der Waals surface area contributed by atoms with Crippen LogP contribution < -0.4 is 0 Å². The van der Waals surface area contributed by atoms with Gasteiger partial charge in [-0.15, -0.1) is 5.11 Å². The van der Waals surface area contributed by atoms with E-state index in [0.717, 1.165) is 5.56 Å². The van der Waals surface area contributed by atoms with E-state index in [1.54, 1.807) is 19.2 Å². The minimum atomic E-state index is -3.98. The van der Waals surface area contributed by atoms with E-state index in [2.05, 4.69) is 10.3 Å². The van der Waals surface area contributed by atoms with Crippen LogP contribution in [0.1, 0.15) is 5.56 Å². The summed E-state index contributed by atoms with van der Waals surface area (Å²) in [5, 5.41) is 9.66. The maximum absolute atomic E-state index is 10.5. The molecule has 0 aliphatic rings. The summed E-state index contributed by atoms with van der Waals surface area (Å²) in [5.41, 5.74) is 1.52. The fraction of sp³-hybridized carbons (Fsp3) is 0.400. The van der Waals surface area contributed by atoms with Crippen molar-refractivity contribution in [3.05, 3.63) is 28.8 Å². The van der Waals surface area contributed by atoms with Gasteiger partial charge in [-0.3, -0.25) is 9.56 Å². The zero-order valence-electron chi connectivity index (χ0n) is 10.0. The summed E-state index contributed by atoms with van der Waals surface area (Å²) in [6, 6.07) is 5.23. The maximum atomic E-state index is 10.5. The smallest absolute Gasteiger partial charge is 0.266 e. The second-order valence-corrected chi connectivity index (χ2v) is 5.80. The fourth-order valence-electron chi connectivity index (χ4n) is 1.11. The second kappa shape index (κ2) is 6.12. The Morgan fingerprint density at radius 2 is 2.11 bits per heavy atom. The van der Waals surface area contributed by atoms with Crippen LogP contribution in [0.25, 0.3) is 0 Å². The van der Waals surface area contributed by atoms with E-state index in [1.165, 1.54) is 5.01 Å². The Morgan fingerprint density at radius 3 is 2.72 bits per heavy atom. The first kappa shape index (κ1) is 14.9. The lowest BCUT2D eigenvalue weighted by molar-refractivity contribution is 0.346. The summed E-state index contributed by atoms with van der Waals surface area (Å²) < 4.78 is 29.7. The van der Waals surface area contributed by atoms with E-state index in [1.807, 2.05) is 13.0 Å². The number of hydrogen-bond donors (Lipinski definition) is 1. The molecule has 0 radical (unpaired) electrons. The second-order valence-electron chi connectivity index (χ2n) is 3.79. The Hall–Kier alpha value is -1.18. The molecule has 0 aliphatic heterocycles. The van der Waals surface area contributed by atoms with Crippen LogP contribution in [-0.2, 0) is 10.1 Å². The van der Waals surface area contributed by atoms with E-state index in [-0.39, 0.29) is 6.54 Å². The lowest BCUT2D eigenvalue weighted by atomic mass is 10.2. The van der Waals surface area contributed by atoms with E-state index in [9.17, 15) is 8.42 Å². The van der Waals surface area contributed by atoms with Crippen molar-refractivity contribution < 1.29 is 13.0 Å². The Kier molecular flexibility index (Phi) is 5.06. The summed E-state index contributed by atoms with van der Waals surface area (Å²) in [6.45, 7) is 1.92. The average molecular weight is 292 g/mol. The van der Waals surface area contributed by atoms with E-state index in [0.29, 0.717) is 10.7 Å². The van der Waals surface area contributed by atoms with Crippen molar-refractivity contribution >= 4 is 27.4 Å². The van der Waals surface area contributed by atoms with Gasteiger partial charge in [-0.2, -0.15) is 8.42 Å². The van der Waals surface area contributed by atoms with Crippen LogP contribution in [0.4, 0.5) is 5.69 Å². The van der Waals surface area contributed by atoms with E-state index >= 15 is 0 Å². The molecule has 0 saturated carbocycles. The maximum Gasteiger partial charge on any atom is 0.266 e. The molecule has 0 heterocycles. The van der Waals surface area contributed by atoms with Gasteiger partial charge in [-0.25, -0.2) is 0 Å². The molecule has 1 aromatic rings. The van der Waals surface area contributed by atoms with Crippen molar-refractivity contribution in [2.75, 3.05) is 19.3 Å². The third kappa shape index (κ3) is 5.44. The number of hydrogen-bond acceptors (Lipinski definition) is 4. The number of nitrogens with zero attached hydrogens (tertiary/aromatic N) is 3. The molecule has 0 fully saturated rings. The first-order chi connectivity index (χ1) is 8.28. The molecule has 8 heteroatoms. The van der Waals surface area contributed by atoms with Gasteiger partial charge < -0.3 is 0 Å². The SMILES string of the molecule is Cc1ccc(Cl)cc1N=NN(C)CCS(=O)(=O)O. The molecule has 18 heavy (non-hydrogen) atoms.